The molecule has 6 aromatic carbocycles. The lowest BCUT2D eigenvalue weighted by molar-refractivity contribution is -0.119. The Morgan fingerprint density at radius 1 is 0.653 bits per heavy atom. The van der Waals surface area contributed by atoms with Crippen molar-refractivity contribution in [3.8, 4) is 34.1 Å². The van der Waals surface area contributed by atoms with Crippen molar-refractivity contribution < 1.29 is 48.1 Å². The number of aryl methyl sites for hydroxylation is 2. The molecular formula is C56H62BBrN4O10. The Balaban J connectivity index is 0.000000163. The zero-order chi connectivity index (χ0) is 50.5. The highest BCUT2D eigenvalue weighted by molar-refractivity contribution is 9.10. The molecule has 2 saturated carbocycles. The van der Waals surface area contributed by atoms with E-state index in [4.69, 9.17) is 39.5 Å². The molecule has 0 spiro atoms. The number of hydrogen-bond donors (Lipinski definition) is 6. The van der Waals surface area contributed by atoms with Crippen LogP contribution < -0.4 is 46.1 Å². The summed E-state index contributed by atoms with van der Waals surface area (Å²) >= 11 is 3.50. The Kier molecular flexibility index (Phi) is 16.4. The van der Waals surface area contributed by atoms with Crippen molar-refractivity contribution in [3.63, 3.8) is 0 Å². The van der Waals surface area contributed by atoms with Crippen LogP contribution in [0.25, 0.3) is 11.1 Å². The van der Waals surface area contributed by atoms with Crippen molar-refractivity contribution in [1.29, 1.82) is 0 Å². The van der Waals surface area contributed by atoms with E-state index >= 15 is 0 Å². The largest absolute Gasteiger partial charge is 0.488 e. The fourth-order valence-electron chi connectivity index (χ4n) is 8.23. The summed E-state index contributed by atoms with van der Waals surface area (Å²) in [5, 5.41) is 26.6. The van der Waals surface area contributed by atoms with Gasteiger partial charge in [-0.15, -0.1) is 0 Å². The molecular weight excluding hydrogens is 979 g/mol. The Morgan fingerprint density at radius 3 is 1.61 bits per heavy atom. The van der Waals surface area contributed by atoms with Gasteiger partial charge in [0.1, 0.15) is 5.60 Å². The first-order valence-electron chi connectivity index (χ1n) is 23.5. The van der Waals surface area contributed by atoms with Gasteiger partial charge in [-0.3, -0.25) is 9.59 Å². The van der Waals surface area contributed by atoms with Gasteiger partial charge in [-0.1, -0.05) is 96.2 Å². The summed E-state index contributed by atoms with van der Waals surface area (Å²) in [6, 6.07) is 38.3. The number of hydrogen-bond acceptors (Lipinski definition) is 11. The number of amides is 3. The smallest absolute Gasteiger partial charge is 0.454 e. The maximum atomic E-state index is 13.2. The van der Waals surface area contributed by atoms with E-state index in [-0.39, 0.29) is 32.8 Å². The molecule has 0 bridgehead atoms. The normalized spacial score (nSPS) is 14.7. The number of carbonyl (C=O) groups excluding carboxylic acids is 3. The summed E-state index contributed by atoms with van der Waals surface area (Å²) in [5.41, 5.74) is 14.7. The second kappa shape index (κ2) is 22.3. The van der Waals surface area contributed by atoms with Crippen LogP contribution >= 0.6 is 15.9 Å². The van der Waals surface area contributed by atoms with Gasteiger partial charge < -0.3 is 55.4 Å². The van der Waals surface area contributed by atoms with Gasteiger partial charge in [0.05, 0.1) is 10.8 Å². The van der Waals surface area contributed by atoms with E-state index in [2.05, 4.69) is 50.9 Å². The molecule has 4 aliphatic rings. The van der Waals surface area contributed by atoms with Crippen LogP contribution in [0.15, 0.2) is 126 Å². The fraction of sp³-hybridized carbons (Fsp3) is 0.304. The predicted molar refractivity (Wildman–Crippen MR) is 284 cm³/mol. The van der Waals surface area contributed by atoms with Crippen molar-refractivity contribution in [3.05, 3.63) is 159 Å². The van der Waals surface area contributed by atoms with Gasteiger partial charge in [-0.05, 0) is 159 Å². The summed E-state index contributed by atoms with van der Waals surface area (Å²) in [5.74, 6) is 2.97. The average molecular weight is 1040 g/mol. The second-order valence-corrected chi connectivity index (χ2v) is 19.9. The van der Waals surface area contributed by atoms with Crippen molar-refractivity contribution in [2.24, 2.45) is 5.73 Å². The maximum absolute atomic E-state index is 13.2. The molecule has 7 N–H and O–H groups in total. The van der Waals surface area contributed by atoms with Crippen LogP contribution in [-0.2, 0) is 38.2 Å². The molecule has 6 aromatic rings. The van der Waals surface area contributed by atoms with Crippen LogP contribution in [0.3, 0.4) is 0 Å². The lowest BCUT2D eigenvalue weighted by Gasteiger charge is -2.19. The van der Waals surface area contributed by atoms with Crippen molar-refractivity contribution in [2.45, 2.75) is 97.2 Å². The number of alkyl carbamates (subject to hydrolysis) is 1. The molecule has 2 aliphatic heterocycles. The minimum atomic E-state index is -1.47. The summed E-state index contributed by atoms with van der Waals surface area (Å²) in [6.45, 7) is 10.8. The number of nitrogens with two attached hydrogens (primary N) is 1. The lowest BCUT2D eigenvalue weighted by Crippen LogP contribution is -2.32. The van der Waals surface area contributed by atoms with Gasteiger partial charge in [-0.2, -0.15) is 0 Å². The van der Waals surface area contributed by atoms with Crippen LogP contribution in [0.2, 0.25) is 0 Å². The Labute approximate surface area is 429 Å². The summed E-state index contributed by atoms with van der Waals surface area (Å²) in [7, 11) is -1.47. The van der Waals surface area contributed by atoms with E-state index in [1.54, 1.807) is 45.0 Å². The third-order valence-electron chi connectivity index (χ3n) is 12.8. The van der Waals surface area contributed by atoms with E-state index in [9.17, 15) is 14.4 Å². The Morgan fingerprint density at radius 2 is 1.14 bits per heavy atom. The van der Waals surface area contributed by atoms with Crippen molar-refractivity contribution in [1.82, 2.24) is 5.32 Å². The SMILES string of the molecule is C.CC(C)(C)OC(=O)NCc1ccc(B(O)O)cc1.Cc1ccc(NC(=O)C2(c3ccc4c(c3)OCO4)CC2)cc1-c1ccc(CN)cc1.Cc1ccc(NC(=O)C2(c3ccc4c(c3)OCO4)CC2)cc1Br. The molecule has 376 valence electrons. The van der Waals surface area contributed by atoms with Gasteiger partial charge in [-0.25, -0.2) is 4.79 Å². The highest BCUT2D eigenvalue weighted by Gasteiger charge is 2.52. The highest BCUT2D eigenvalue weighted by Crippen LogP contribution is 2.52. The molecule has 2 aliphatic carbocycles. The van der Waals surface area contributed by atoms with E-state index in [0.29, 0.717) is 24.3 Å². The summed E-state index contributed by atoms with van der Waals surface area (Å²) in [4.78, 5) is 37.4. The monoisotopic (exact) mass is 1040 g/mol. The molecule has 0 saturated heterocycles. The highest BCUT2D eigenvalue weighted by atomic mass is 79.9. The Hall–Kier alpha value is -6.85. The van der Waals surface area contributed by atoms with Gasteiger partial charge >= 0.3 is 13.2 Å². The van der Waals surface area contributed by atoms with E-state index in [1.165, 1.54) is 0 Å². The molecule has 10 rings (SSSR count). The number of benzene rings is 6. The minimum Gasteiger partial charge on any atom is -0.454 e. The molecule has 0 atom stereocenters. The first kappa shape index (κ1) is 53.0. The van der Waals surface area contributed by atoms with Gasteiger partial charge in [0, 0.05) is 28.9 Å². The van der Waals surface area contributed by atoms with E-state index in [1.807, 2.05) is 91.9 Å². The molecule has 72 heavy (non-hydrogen) atoms. The topological polar surface area (TPSA) is 200 Å². The number of rotatable bonds is 11. The third kappa shape index (κ3) is 12.6. The zero-order valence-electron chi connectivity index (χ0n) is 40.4. The van der Waals surface area contributed by atoms with Crippen LogP contribution in [0.5, 0.6) is 23.0 Å². The number of nitrogens with one attached hydrogen (secondary N) is 3. The quantitative estimate of drug-likeness (QED) is 0.0675. The third-order valence-corrected chi connectivity index (χ3v) is 13.6. The molecule has 2 fully saturated rings. The predicted octanol–water partition coefficient (Wildman–Crippen LogP) is 9.70. The van der Waals surface area contributed by atoms with Gasteiger partial charge in [0.2, 0.25) is 25.4 Å². The number of anilines is 2. The second-order valence-electron chi connectivity index (χ2n) is 19.1. The van der Waals surface area contributed by atoms with E-state index < -0.39 is 29.6 Å². The standard InChI is InChI=1S/C25H24N2O3.C18H16BrNO3.C12H18BNO4.CH4/c1-16-2-8-20(13-21(16)18-5-3-17(14-26)4-6-18)27-24(28)25(10-11-25)19-7-9-22-23(12-19)30-15-29-22;1-11-2-4-13(9-14(11)19)20-17(21)18(6-7-18)12-3-5-15-16(8-12)23-10-22-15;1-12(2,3)18-11(15)14-8-9-4-6-10(7-5-9)13(16)17;/h2-9,12-13H,10-11,14-15,26H2,1H3,(H,27,28);2-5,8-9H,6-7,10H2,1H3,(H,20,21);4-7,16-17H,8H2,1-3H3,(H,14,15);1H4. The number of fused-ring (bicyclic) bond motifs is 2. The average Bonchev–Trinajstić information content (AvgIpc) is 4.25. The van der Waals surface area contributed by atoms with Gasteiger partial charge in [0.25, 0.3) is 0 Å². The van der Waals surface area contributed by atoms with Gasteiger partial charge in [0.15, 0.2) is 23.0 Å². The lowest BCUT2D eigenvalue weighted by atomic mass is 9.80. The van der Waals surface area contributed by atoms with Crippen LogP contribution in [-0.4, -0.2) is 54.3 Å². The maximum Gasteiger partial charge on any atom is 0.488 e. The van der Waals surface area contributed by atoms with Crippen LogP contribution in [0.1, 0.15) is 87.3 Å². The molecule has 3 amide bonds. The number of carbonyl (C=O) groups is 3. The van der Waals surface area contributed by atoms with E-state index in [0.717, 1.165) is 103 Å². The van der Waals surface area contributed by atoms with Crippen LogP contribution in [0, 0.1) is 13.8 Å². The summed E-state index contributed by atoms with van der Waals surface area (Å²) in [6.07, 6.45) is 2.89. The molecule has 14 nitrogen and oxygen atoms in total. The fourth-order valence-corrected chi connectivity index (χ4v) is 8.61. The first-order chi connectivity index (χ1) is 33.9. The summed E-state index contributed by atoms with van der Waals surface area (Å²) < 4.78 is 27.7. The first-order valence-corrected chi connectivity index (χ1v) is 24.3. The van der Waals surface area contributed by atoms with Crippen molar-refractivity contribution in [2.75, 3.05) is 24.2 Å². The molecule has 16 heteroatoms. The van der Waals surface area contributed by atoms with Crippen LogP contribution in [0.4, 0.5) is 16.2 Å². The number of ether oxygens (including phenoxy) is 5. The molecule has 0 aromatic heterocycles. The molecule has 0 unspecified atom stereocenters. The molecule has 2 heterocycles. The minimum absolute atomic E-state index is 0. The number of halogens is 1. The Bertz CT molecular complexity index is 2920. The zero-order valence-corrected chi connectivity index (χ0v) is 42.0. The molecule has 0 radical (unpaired) electrons. The van der Waals surface area contributed by atoms with Crippen molar-refractivity contribution >= 4 is 57.8 Å².